The van der Waals surface area contributed by atoms with Gasteiger partial charge in [-0.25, -0.2) is 4.99 Å². The van der Waals surface area contributed by atoms with E-state index >= 15 is 0 Å². The lowest BCUT2D eigenvalue weighted by Gasteiger charge is -2.12. The third kappa shape index (κ3) is 6.22. The van der Waals surface area contributed by atoms with Gasteiger partial charge in [0.2, 0.25) is 0 Å². The number of aliphatic imine (C=N–C) groups is 1. The monoisotopic (exact) mass is 590 g/mol. The number of methoxy groups -OCH3 is 1. The normalized spacial score (nSPS) is 15.8. The minimum atomic E-state index is -0.0972. The number of carbonyl (C=O) groups excluding carboxylic acids is 1. The number of amides is 1. The number of nitrogens with zero attached hydrogens (tertiary/aromatic N) is 2. The Labute approximate surface area is 226 Å². The van der Waals surface area contributed by atoms with Crippen LogP contribution in [0, 0.1) is 0 Å². The van der Waals surface area contributed by atoms with Gasteiger partial charge in [-0.1, -0.05) is 35.3 Å². The van der Waals surface area contributed by atoms with E-state index in [0.717, 1.165) is 22.6 Å². The molecule has 0 spiro atoms. The number of hydrogen-bond acceptors (Lipinski definition) is 5. The lowest BCUT2D eigenvalue weighted by molar-refractivity contribution is -0.122. The number of rotatable bonds is 7. The molecule has 3 aromatic carbocycles. The molecule has 0 atom stereocenters. The van der Waals surface area contributed by atoms with Gasteiger partial charge in [0.1, 0.15) is 12.4 Å². The fourth-order valence-electron chi connectivity index (χ4n) is 3.33. The van der Waals surface area contributed by atoms with Gasteiger partial charge in [-0.05, 0) is 100 Å². The maximum Gasteiger partial charge on any atom is 0.266 e. The number of halogens is 3. The quantitative estimate of drug-likeness (QED) is 0.261. The summed E-state index contributed by atoms with van der Waals surface area (Å²) in [7, 11) is 1.62. The summed E-state index contributed by atoms with van der Waals surface area (Å²) in [6, 6.07) is 18.5. The van der Waals surface area contributed by atoms with Crippen molar-refractivity contribution in [2.24, 2.45) is 4.99 Å². The van der Waals surface area contributed by atoms with Crippen LogP contribution in [0.25, 0.3) is 6.08 Å². The van der Waals surface area contributed by atoms with Crippen LogP contribution in [0.2, 0.25) is 10.0 Å². The van der Waals surface area contributed by atoms with Crippen molar-refractivity contribution in [3.8, 4) is 11.5 Å². The lowest BCUT2D eigenvalue weighted by Crippen LogP contribution is -2.28. The SMILES string of the molecule is CCN1C(=O)/C(=C\c2cc(Cl)c(OCc3ccc(Cl)cc3)c(Br)c2)SC1=Nc1ccc(OC)cc1. The summed E-state index contributed by atoms with van der Waals surface area (Å²) < 4.78 is 11.8. The van der Waals surface area contributed by atoms with Crippen molar-refractivity contribution >= 4 is 73.7 Å². The first-order chi connectivity index (χ1) is 16.9. The summed E-state index contributed by atoms with van der Waals surface area (Å²) in [5.74, 6) is 1.19. The van der Waals surface area contributed by atoms with Crippen molar-refractivity contribution in [2.75, 3.05) is 13.7 Å². The summed E-state index contributed by atoms with van der Waals surface area (Å²) >= 11 is 17.3. The van der Waals surface area contributed by atoms with Crippen molar-refractivity contribution in [1.82, 2.24) is 4.90 Å². The van der Waals surface area contributed by atoms with E-state index in [1.54, 1.807) is 18.1 Å². The highest BCUT2D eigenvalue weighted by Gasteiger charge is 2.32. The number of thioether (sulfide) groups is 1. The van der Waals surface area contributed by atoms with Crippen LogP contribution in [0.3, 0.4) is 0 Å². The molecule has 1 saturated heterocycles. The van der Waals surface area contributed by atoms with Gasteiger partial charge in [0.15, 0.2) is 10.9 Å². The van der Waals surface area contributed by atoms with Crippen LogP contribution >= 0.6 is 50.9 Å². The van der Waals surface area contributed by atoms with E-state index in [1.807, 2.05) is 67.6 Å². The molecule has 1 aliphatic rings. The molecule has 1 fully saturated rings. The number of hydrogen-bond donors (Lipinski definition) is 0. The molecule has 0 aliphatic carbocycles. The van der Waals surface area contributed by atoms with Crippen molar-refractivity contribution in [3.63, 3.8) is 0 Å². The number of amidine groups is 1. The number of ether oxygens (including phenoxy) is 2. The van der Waals surface area contributed by atoms with Crippen molar-refractivity contribution in [3.05, 3.63) is 91.2 Å². The molecule has 0 bridgehead atoms. The Morgan fingerprint density at radius 2 is 1.80 bits per heavy atom. The van der Waals surface area contributed by atoms with E-state index in [4.69, 9.17) is 32.7 Å². The summed E-state index contributed by atoms with van der Waals surface area (Å²) in [6.07, 6.45) is 1.81. The predicted octanol–water partition coefficient (Wildman–Crippen LogP) is 7.97. The zero-order chi connectivity index (χ0) is 24.9. The molecule has 3 aromatic rings. The van der Waals surface area contributed by atoms with Gasteiger partial charge in [0, 0.05) is 11.6 Å². The molecular weight excluding hydrogens is 571 g/mol. The van der Waals surface area contributed by atoms with E-state index < -0.39 is 0 Å². The first-order valence-electron chi connectivity index (χ1n) is 10.7. The van der Waals surface area contributed by atoms with Crippen LogP contribution in [-0.2, 0) is 11.4 Å². The van der Waals surface area contributed by atoms with Gasteiger partial charge < -0.3 is 9.47 Å². The van der Waals surface area contributed by atoms with Crippen LogP contribution in [0.5, 0.6) is 11.5 Å². The Kier molecular flexibility index (Phi) is 8.44. The molecule has 0 radical (unpaired) electrons. The number of carbonyl (C=O) groups is 1. The highest BCUT2D eigenvalue weighted by atomic mass is 79.9. The third-order valence-electron chi connectivity index (χ3n) is 5.12. The molecule has 9 heteroatoms. The molecule has 0 N–H and O–H groups in total. The molecule has 1 heterocycles. The van der Waals surface area contributed by atoms with Gasteiger partial charge in [-0.15, -0.1) is 0 Å². The van der Waals surface area contributed by atoms with E-state index in [0.29, 0.717) is 43.5 Å². The van der Waals surface area contributed by atoms with E-state index in [1.165, 1.54) is 11.8 Å². The second-order valence-electron chi connectivity index (χ2n) is 7.48. The molecule has 5 nitrogen and oxygen atoms in total. The topological polar surface area (TPSA) is 51.1 Å². The van der Waals surface area contributed by atoms with Gasteiger partial charge in [-0.3, -0.25) is 9.69 Å². The Morgan fingerprint density at radius 3 is 2.43 bits per heavy atom. The van der Waals surface area contributed by atoms with Crippen LogP contribution in [-0.4, -0.2) is 29.6 Å². The highest BCUT2D eigenvalue weighted by molar-refractivity contribution is 9.10. The Balaban J connectivity index is 1.54. The lowest BCUT2D eigenvalue weighted by atomic mass is 10.2. The van der Waals surface area contributed by atoms with E-state index in [9.17, 15) is 4.79 Å². The smallest absolute Gasteiger partial charge is 0.266 e. The Bertz CT molecular complexity index is 1270. The van der Waals surface area contributed by atoms with Gasteiger partial charge in [0.05, 0.1) is 27.2 Å². The van der Waals surface area contributed by atoms with Crippen LogP contribution < -0.4 is 9.47 Å². The minimum absolute atomic E-state index is 0.0972. The first kappa shape index (κ1) is 25.6. The molecule has 1 aliphatic heterocycles. The standard InChI is InChI=1S/C26H21BrCl2N2O3S/c1-3-31-25(32)23(35-26(31)30-19-8-10-20(33-2)11-9-19)14-17-12-21(27)24(22(29)13-17)34-15-16-4-6-18(28)7-5-16/h4-14H,3,15H2,1-2H3/b23-14+,30-26?. The zero-order valence-corrected chi connectivity index (χ0v) is 22.8. The summed E-state index contributed by atoms with van der Waals surface area (Å²) in [5.41, 5.74) is 2.49. The van der Waals surface area contributed by atoms with Crippen molar-refractivity contribution in [2.45, 2.75) is 13.5 Å². The first-order valence-corrected chi connectivity index (χ1v) is 13.0. The average molecular weight is 592 g/mol. The summed E-state index contributed by atoms with van der Waals surface area (Å²) in [5, 5.41) is 1.74. The summed E-state index contributed by atoms with van der Waals surface area (Å²) in [4.78, 5) is 19.9. The fourth-order valence-corrected chi connectivity index (χ4v) is 5.50. The molecule has 35 heavy (non-hydrogen) atoms. The van der Waals surface area contributed by atoms with Gasteiger partial charge in [0.25, 0.3) is 5.91 Å². The second kappa shape index (κ2) is 11.5. The molecular formula is C26H21BrCl2N2O3S. The number of likely N-dealkylation sites (N-methyl/N-ethyl adjacent to an activating group) is 1. The van der Waals surface area contributed by atoms with Gasteiger partial charge >= 0.3 is 0 Å². The number of benzene rings is 3. The van der Waals surface area contributed by atoms with Crippen LogP contribution in [0.4, 0.5) is 5.69 Å². The maximum atomic E-state index is 13.0. The van der Waals surface area contributed by atoms with Gasteiger partial charge in [-0.2, -0.15) is 0 Å². The molecule has 0 unspecified atom stereocenters. The maximum absolute atomic E-state index is 13.0. The second-order valence-corrected chi connectivity index (χ2v) is 10.2. The van der Waals surface area contributed by atoms with Crippen molar-refractivity contribution < 1.29 is 14.3 Å². The zero-order valence-electron chi connectivity index (χ0n) is 18.9. The van der Waals surface area contributed by atoms with Crippen LogP contribution in [0.15, 0.2) is 75.0 Å². The average Bonchev–Trinajstić information content (AvgIpc) is 3.13. The molecule has 0 aromatic heterocycles. The Hall–Kier alpha value is -2.45. The predicted molar refractivity (Wildman–Crippen MR) is 148 cm³/mol. The third-order valence-corrected chi connectivity index (χ3v) is 7.24. The Morgan fingerprint density at radius 1 is 1.09 bits per heavy atom. The summed E-state index contributed by atoms with van der Waals surface area (Å²) in [6.45, 7) is 2.78. The fraction of sp³-hybridized carbons (Fsp3) is 0.154. The molecule has 1 amide bonds. The molecule has 0 saturated carbocycles. The minimum Gasteiger partial charge on any atom is -0.497 e. The highest BCUT2D eigenvalue weighted by Crippen LogP contribution is 2.38. The molecule has 4 rings (SSSR count). The molecule has 180 valence electrons. The van der Waals surface area contributed by atoms with Crippen LogP contribution in [0.1, 0.15) is 18.1 Å². The van der Waals surface area contributed by atoms with E-state index in [2.05, 4.69) is 20.9 Å². The largest absolute Gasteiger partial charge is 0.497 e. The van der Waals surface area contributed by atoms with Crippen molar-refractivity contribution in [1.29, 1.82) is 0 Å². The van der Waals surface area contributed by atoms with E-state index in [-0.39, 0.29) is 5.91 Å².